The van der Waals surface area contributed by atoms with E-state index in [0.29, 0.717) is 12.2 Å². The van der Waals surface area contributed by atoms with Crippen LogP contribution in [0.1, 0.15) is 17.8 Å². The first-order chi connectivity index (χ1) is 9.54. The number of aliphatic hydroxyl groups is 1. The zero-order valence-electron chi connectivity index (χ0n) is 11.1. The van der Waals surface area contributed by atoms with Gasteiger partial charge in [-0.25, -0.2) is 4.98 Å². The number of nitro groups is 1. The number of hydrogen-bond donors (Lipinski definition) is 1. The molecule has 6 nitrogen and oxygen atoms in total. The van der Waals surface area contributed by atoms with Crippen molar-refractivity contribution in [3.63, 3.8) is 0 Å². The highest BCUT2D eigenvalue weighted by Gasteiger charge is 2.25. The van der Waals surface area contributed by atoms with Crippen molar-refractivity contribution in [3.8, 4) is 0 Å². The van der Waals surface area contributed by atoms with E-state index in [4.69, 9.17) is 0 Å². The maximum Gasteiger partial charge on any atom is 0.294 e. The van der Waals surface area contributed by atoms with Gasteiger partial charge in [-0.05, 0) is 25.8 Å². The SMILES string of the molecule is Cc1nc2cc(N3CCCC(O)C3)c([N+](=O)[O-])cc2s1. The zero-order chi connectivity index (χ0) is 14.3. The highest BCUT2D eigenvalue weighted by Crippen LogP contribution is 2.36. The number of benzene rings is 1. The van der Waals surface area contributed by atoms with Gasteiger partial charge in [0.1, 0.15) is 5.69 Å². The van der Waals surface area contributed by atoms with Gasteiger partial charge >= 0.3 is 0 Å². The van der Waals surface area contributed by atoms with Gasteiger partial charge in [0.15, 0.2) is 0 Å². The predicted octanol–water partition coefficient (Wildman–Crippen LogP) is 2.47. The molecule has 0 bridgehead atoms. The molecule has 1 aliphatic heterocycles. The Morgan fingerprint density at radius 2 is 2.35 bits per heavy atom. The Morgan fingerprint density at radius 3 is 3.05 bits per heavy atom. The summed E-state index contributed by atoms with van der Waals surface area (Å²) in [4.78, 5) is 17.2. The standard InChI is InChI=1S/C13H15N3O3S/c1-8-14-10-5-11(15-4-2-3-9(17)7-15)12(16(18)19)6-13(10)20-8/h5-6,9,17H,2-4,7H2,1H3. The fourth-order valence-corrected chi connectivity index (χ4v) is 3.48. The van der Waals surface area contributed by atoms with E-state index in [9.17, 15) is 15.2 Å². The smallest absolute Gasteiger partial charge is 0.294 e. The third-order valence-corrected chi connectivity index (χ3v) is 4.46. The Kier molecular flexibility index (Phi) is 3.31. The van der Waals surface area contributed by atoms with Gasteiger partial charge in [0.05, 0.1) is 26.3 Å². The van der Waals surface area contributed by atoms with Gasteiger partial charge in [-0.15, -0.1) is 11.3 Å². The number of hydrogen-bond acceptors (Lipinski definition) is 6. The van der Waals surface area contributed by atoms with E-state index in [1.807, 2.05) is 11.8 Å². The monoisotopic (exact) mass is 293 g/mol. The lowest BCUT2D eigenvalue weighted by Crippen LogP contribution is -2.38. The Hall–Kier alpha value is -1.73. The van der Waals surface area contributed by atoms with Crippen molar-refractivity contribution in [2.75, 3.05) is 18.0 Å². The Morgan fingerprint density at radius 1 is 1.55 bits per heavy atom. The second kappa shape index (κ2) is 4.99. The number of β-amino-alcohol motifs (C(OH)–C–C–N with tert-alkyl or cyclic N) is 1. The highest BCUT2D eigenvalue weighted by atomic mass is 32.1. The van der Waals surface area contributed by atoms with Gasteiger partial charge < -0.3 is 10.0 Å². The summed E-state index contributed by atoms with van der Waals surface area (Å²) in [7, 11) is 0. The number of rotatable bonds is 2. The van der Waals surface area contributed by atoms with Crippen LogP contribution in [0.15, 0.2) is 12.1 Å². The minimum absolute atomic E-state index is 0.0928. The third kappa shape index (κ3) is 2.34. The number of anilines is 1. The zero-order valence-corrected chi connectivity index (χ0v) is 11.9. The molecule has 1 aromatic carbocycles. The summed E-state index contributed by atoms with van der Waals surface area (Å²) in [6, 6.07) is 3.37. The van der Waals surface area contributed by atoms with Gasteiger partial charge in [-0.3, -0.25) is 10.1 Å². The summed E-state index contributed by atoms with van der Waals surface area (Å²) in [5.41, 5.74) is 1.44. The van der Waals surface area contributed by atoms with Crippen LogP contribution in [-0.4, -0.2) is 34.2 Å². The van der Waals surface area contributed by atoms with E-state index in [-0.39, 0.29) is 10.6 Å². The molecule has 1 saturated heterocycles. The lowest BCUT2D eigenvalue weighted by molar-refractivity contribution is -0.384. The quantitative estimate of drug-likeness (QED) is 0.679. The van der Waals surface area contributed by atoms with Crippen molar-refractivity contribution in [3.05, 3.63) is 27.3 Å². The molecule has 0 radical (unpaired) electrons. The van der Waals surface area contributed by atoms with Gasteiger partial charge in [0.25, 0.3) is 5.69 Å². The second-order valence-electron chi connectivity index (χ2n) is 5.04. The van der Waals surface area contributed by atoms with Gasteiger partial charge in [0.2, 0.25) is 0 Å². The van der Waals surface area contributed by atoms with Crippen LogP contribution in [-0.2, 0) is 0 Å². The average molecular weight is 293 g/mol. The molecule has 7 heteroatoms. The summed E-state index contributed by atoms with van der Waals surface area (Å²) in [6.07, 6.45) is 1.17. The molecule has 0 aliphatic carbocycles. The van der Waals surface area contributed by atoms with Crippen LogP contribution < -0.4 is 4.90 Å². The van der Waals surface area contributed by atoms with E-state index in [1.54, 1.807) is 12.1 Å². The normalized spacial score (nSPS) is 19.5. The van der Waals surface area contributed by atoms with Crippen molar-refractivity contribution in [1.29, 1.82) is 0 Å². The van der Waals surface area contributed by atoms with Gasteiger partial charge in [-0.1, -0.05) is 0 Å². The summed E-state index contributed by atoms with van der Waals surface area (Å²) in [6.45, 7) is 3.06. The van der Waals surface area contributed by atoms with E-state index < -0.39 is 6.10 Å². The van der Waals surface area contributed by atoms with Crippen molar-refractivity contribution in [2.24, 2.45) is 0 Å². The molecule has 0 amide bonds. The number of fused-ring (bicyclic) bond motifs is 1. The minimum atomic E-state index is -0.420. The van der Waals surface area contributed by atoms with Crippen LogP contribution in [0.5, 0.6) is 0 Å². The number of thiazole rings is 1. The van der Waals surface area contributed by atoms with Crippen LogP contribution in [0.3, 0.4) is 0 Å². The lowest BCUT2D eigenvalue weighted by atomic mass is 10.1. The van der Waals surface area contributed by atoms with Crippen molar-refractivity contribution < 1.29 is 10.0 Å². The molecule has 1 N–H and O–H groups in total. The summed E-state index contributed by atoms with van der Waals surface area (Å²) < 4.78 is 0.829. The fourth-order valence-electron chi connectivity index (χ4n) is 2.64. The van der Waals surface area contributed by atoms with Gasteiger partial charge in [-0.2, -0.15) is 0 Å². The Balaban J connectivity index is 2.11. The molecule has 3 rings (SSSR count). The van der Waals surface area contributed by atoms with E-state index in [0.717, 1.165) is 34.6 Å². The largest absolute Gasteiger partial charge is 0.391 e. The fraction of sp³-hybridized carbons (Fsp3) is 0.462. The molecule has 106 valence electrons. The predicted molar refractivity (Wildman–Crippen MR) is 78.5 cm³/mol. The maximum atomic E-state index is 11.3. The molecular weight excluding hydrogens is 278 g/mol. The van der Waals surface area contributed by atoms with Crippen LogP contribution in [0.25, 0.3) is 10.2 Å². The topological polar surface area (TPSA) is 79.5 Å². The number of piperidine rings is 1. The Bertz CT molecular complexity index is 670. The molecule has 1 aromatic heterocycles. The average Bonchev–Trinajstić information content (AvgIpc) is 2.76. The maximum absolute atomic E-state index is 11.3. The Labute approximate surface area is 119 Å². The lowest BCUT2D eigenvalue weighted by Gasteiger charge is -2.31. The number of aryl methyl sites for hydroxylation is 1. The molecule has 2 aromatic rings. The minimum Gasteiger partial charge on any atom is -0.391 e. The molecule has 1 fully saturated rings. The van der Waals surface area contributed by atoms with Gasteiger partial charge in [0, 0.05) is 19.2 Å². The molecule has 0 spiro atoms. The number of nitro benzene ring substituents is 1. The third-order valence-electron chi connectivity index (χ3n) is 3.53. The van der Waals surface area contributed by atoms with E-state index >= 15 is 0 Å². The molecule has 1 aliphatic rings. The molecule has 20 heavy (non-hydrogen) atoms. The first-order valence-electron chi connectivity index (χ1n) is 6.53. The highest BCUT2D eigenvalue weighted by molar-refractivity contribution is 7.18. The first-order valence-corrected chi connectivity index (χ1v) is 7.35. The van der Waals surface area contributed by atoms with Crippen molar-refractivity contribution >= 4 is 32.9 Å². The molecule has 1 unspecified atom stereocenters. The molecule has 1 atom stereocenters. The van der Waals surface area contributed by atoms with Crippen molar-refractivity contribution in [2.45, 2.75) is 25.9 Å². The second-order valence-corrected chi connectivity index (χ2v) is 6.28. The molecule has 0 saturated carbocycles. The first kappa shape index (κ1) is 13.3. The summed E-state index contributed by atoms with van der Waals surface area (Å²) >= 11 is 1.46. The number of aliphatic hydroxyl groups excluding tert-OH is 1. The van der Waals surface area contributed by atoms with Crippen LogP contribution in [0, 0.1) is 17.0 Å². The van der Waals surface area contributed by atoms with E-state index in [2.05, 4.69) is 4.98 Å². The molecule has 2 heterocycles. The summed E-state index contributed by atoms with van der Waals surface area (Å²) in [5.74, 6) is 0. The van der Waals surface area contributed by atoms with Crippen LogP contribution in [0.4, 0.5) is 11.4 Å². The molecular formula is C13H15N3O3S. The van der Waals surface area contributed by atoms with Crippen LogP contribution >= 0.6 is 11.3 Å². The summed E-state index contributed by atoms with van der Waals surface area (Å²) in [5, 5.41) is 22.0. The van der Waals surface area contributed by atoms with E-state index in [1.165, 1.54) is 11.3 Å². The van der Waals surface area contributed by atoms with Crippen LogP contribution in [0.2, 0.25) is 0 Å². The number of nitrogens with zero attached hydrogens (tertiary/aromatic N) is 3. The number of aromatic nitrogens is 1. The van der Waals surface area contributed by atoms with Crippen molar-refractivity contribution in [1.82, 2.24) is 4.98 Å².